The maximum Gasteiger partial charge on any atom is 1.00 e. The first-order chi connectivity index (χ1) is 1.41. The van der Waals surface area contributed by atoms with E-state index in [2.05, 4.69) is 6.92 Å². The van der Waals surface area contributed by atoms with Crippen LogP contribution in [0.4, 0.5) is 0 Å². The minimum absolute atomic E-state index is 0. The van der Waals surface area contributed by atoms with E-state index in [1.165, 1.54) is 6.04 Å². The van der Waals surface area contributed by atoms with Gasteiger partial charge in [0, 0.05) is 0 Å². The first kappa shape index (κ1) is 9.29. The van der Waals surface area contributed by atoms with Gasteiger partial charge < -0.3 is 0 Å². The van der Waals surface area contributed by atoms with Crippen LogP contribution in [0.5, 0.6) is 0 Å². The molecule has 0 amide bonds. The Hall–Kier alpha value is 1.85. The minimum Gasteiger partial charge on any atom is -0.297 e. The molecular weight excluding hydrogens is 91.2 g/mol. The third kappa shape index (κ3) is 9.13. The molecule has 0 N–H and O–H groups in total. The molecule has 0 aliphatic carbocycles. The van der Waals surface area contributed by atoms with Crippen molar-refractivity contribution < 1.29 is 51.4 Å². The molecule has 4 heavy (non-hydrogen) atoms. The first-order valence-corrected chi connectivity index (χ1v) is 2.21. The zero-order valence-corrected chi connectivity index (χ0v) is 7.95. The molecule has 0 saturated heterocycles. The third-order valence-electron chi connectivity index (χ3n) is 0. The van der Waals surface area contributed by atoms with E-state index < -0.39 is 0 Å². The molecule has 0 aromatic heterocycles. The molecule has 0 aromatic carbocycles. The van der Waals surface area contributed by atoms with Crippen LogP contribution >= 0.6 is 0 Å². The van der Waals surface area contributed by atoms with Gasteiger partial charge in [0.15, 0.2) is 0 Å². The SMILES string of the molecule is CC[SiH2-].[K+]. The summed E-state index contributed by atoms with van der Waals surface area (Å²) in [5.74, 6) is 0. The molecule has 0 nitrogen and oxygen atoms in total. The molecule has 2 heteroatoms. The maximum atomic E-state index is 2.14. The van der Waals surface area contributed by atoms with Crippen LogP contribution in [-0.2, 0) is 0 Å². The summed E-state index contributed by atoms with van der Waals surface area (Å²) >= 11 is 0. The van der Waals surface area contributed by atoms with E-state index in [9.17, 15) is 0 Å². The smallest absolute Gasteiger partial charge is 0.297 e. The van der Waals surface area contributed by atoms with Crippen molar-refractivity contribution in [2.45, 2.75) is 13.0 Å². The second kappa shape index (κ2) is 8.85. The summed E-state index contributed by atoms with van der Waals surface area (Å²) in [5.41, 5.74) is 0. The molecule has 0 aliphatic rings. The molecule has 0 aromatic rings. The Labute approximate surface area is 73.2 Å². The largest absolute Gasteiger partial charge is 1.00 e. The molecule has 0 unspecified atom stereocenters. The van der Waals surface area contributed by atoms with Crippen LogP contribution in [0.3, 0.4) is 0 Å². The first-order valence-electron chi connectivity index (χ1n) is 1.21. The fraction of sp³-hybridized carbons (Fsp3) is 1.00. The normalized spacial score (nSPS) is 4.50. The van der Waals surface area contributed by atoms with Crippen molar-refractivity contribution in [1.82, 2.24) is 0 Å². The average Bonchev–Trinajstić information content (AvgIpc) is 0.918. The summed E-state index contributed by atoms with van der Waals surface area (Å²) in [6.45, 7) is 2.14. The molecule has 20 valence electrons. The Morgan fingerprint density at radius 1 is 1.75 bits per heavy atom. The standard InChI is InChI=1S/C2H7Si.K/c1-2-3;/h2-3H2,1H3;/q-1;+1. The molecule has 0 fully saturated rings. The Morgan fingerprint density at radius 2 is 1.75 bits per heavy atom. The van der Waals surface area contributed by atoms with Gasteiger partial charge in [-0.2, -0.15) is 6.04 Å². The van der Waals surface area contributed by atoms with Crippen LogP contribution in [0.1, 0.15) is 6.92 Å². The van der Waals surface area contributed by atoms with E-state index in [-0.39, 0.29) is 51.4 Å². The second-order valence-electron chi connectivity index (χ2n) is 0.500. The zero-order chi connectivity index (χ0) is 2.71. The Morgan fingerprint density at radius 3 is 1.75 bits per heavy atom. The van der Waals surface area contributed by atoms with Crippen LogP contribution in [0.2, 0.25) is 6.04 Å². The predicted molar refractivity (Wildman–Crippen MR) is 19.0 cm³/mol. The fourth-order valence-electron chi connectivity index (χ4n) is 0. The molecule has 0 heterocycles. The maximum absolute atomic E-state index is 2.14. The van der Waals surface area contributed by atoms with E-state index in [0.29, 0.717) is 0 Å². The van der Waals surface area contributed by atoms with Crippen molar-refractivity contribution in [1.29, 1.82) is 0 Å². The molecule has 0 bridgehead atoms. The van der Waals surface area contributed by atoms with Crippen LogP contribution < -0.4 is 51.4 Å². The Bertz CT molecular complexity index is 6.00. The quantitative estimate of drug-likeness (QED) is 0.284. The topological polar surface area (TPSA) is 0 Å². The van der Waals surface area contributed by atoms with Gasteiger partial charge in [-0.25, -0.2) is 0 Å². The van der Waals surface area contributed by atoms with Gasteiger partial charge in [-0.15, -0.1) is 0 Å². The van der Waals surface area contributed by atoms with Gasteiger partial charge in [-0.05, 0) is 0 Å². The molecule has 0 saturated carbocycles. The summed E-state index contributed by atoms with van der Waals surface area (Å²) in [7, 11) is 1.97. The van der Waals surface area contributed by atoms with Gasteiger partial charge in [0.05, 0.1) is 0 Å². The van der Waals surface area contributed by atoms with E-state index in [0.717, 1.165) is 0 Å². The zero-order valence-electron chi connectivity index (χ0n) is 3.41. The molecular formula is C2H7KSi. The van der Waals surface area contributed by atoms with E-state index in [1.54, 1.807) is 0 Å². The van der Waals surface area contributed by atoms with Crippen LogP contribution in [0.15, 0.2) is 0 Å². The van der Waals surface area contributed by atoms with Crippen molar-refractivity contribution in [3.8, 4) is 0 Å². The van der Waals surface area contributed by atoms with Crippen LogP contribution in [-0.4, -0.2) is 10.2 Å². The summed E-state index contributed by atoms with van der Waals surface area (Å²) in [6, 6.07) is 1.28. The van der Waals surface area contributed by atoms with Gasteiger partial charge in [-0.3, -0.25) is 10.2 Å². The van der Waals surface area contributed by atoms with Crippen molar-refractivity contribution >= 4 is 10.2 Å². The molecule has 0 atom stereocenters. The minimum atomic E-state index is 0. The van der Waals surface area contributed by atoms with Gasteiger partial charge in [-0.1, -0.05) is 6.92 Å². The van der Waals surface area contributed by atoms with Gasteiger partial charge >= 0.3 is 51.4 Å². The van der Waals surface area contributed by atoms with Crippen molar-refractivity contribution in [3.05, 3.63) is 0 Å². The molecule has 0 radical (unpaired) electrons. The van der Waals surface area contributed by atoms with Gasteiger partial charge in [0.25, 0.3) is 0 Å². The monoisotopic (exact) mass is 98.0 g/mol. The molecule has 0 aliphatic heterocycles. The molecule has 0 rings (SSSR count). The van der Waals surface area contributed by atoms with Gasteiger partial charge in [0.1, 0.15) is 0 Å². The van der Waals surface area contributed by atoms with E-state index >= 15 is 0 Å². The fourth-order valence-corrected chi connectivity index (χ4v) is 0. The number of hydrogen-bond donors (Lipinski definition) is 0. The predicted octanol–water partition coefficient (Wildman–Crippen LogP) is -2.94. The summed E-state index contributed by atoms with van der Waals surface area (Å²) < 4.78 is 0. The second-order valence-corrected chi connectivity index (χ2v) is 1.50. The van der Waals surface area contributed by atoms with Crippen LogP contribution in [0, 0.1) is 0 Å². The number of rotatable bonds is 0. The summed E-state index contributed by atoms with van der Waals surface area (Å²) in [4.78, 5) is 0. The summed E-state index contributed by atoms with van der Waals surface area (Å²) in [5, 5.41) is 0. The van der Waals surface area contributed by atoms with Crippen LogP contribution in [0.25, 0.3) is 0 Å². The number of hydrogen-bond acceptors (Lipinski definition) is 0. The Kier molecular flexibility index (Phi) is 20.5. The van der Waals surface area contributed by atoms with Crippen molar-refractivity contribution in [2.75, 3.05) is 0 Å². The van der Waals surface area contributed by atoms with Crippen molar-refractivity contribution in [3.63, 3.8) is 0 Å². The molecule has 0 spiro atoms. The van der Waals surface area contributed by atoms with E-state index in [4.69, 9.17) is 0 Å². The third-order valence-corrected chi connectivity index (χ3v) is 0. The summed E-state index contributed by atoms with van der Waals surface area (Å²) in [6.07, 6.45) is 0. The Balaban J connectivity index is 0. The van der Waals surface area contributed by atoms with Crippen molar-refractivity contribution in [2.24, 2.45) is 0 Å². The van der Waals surface area contributed by atoms with Gasteiger partial charge in [0.2, 0.25) is 0 Å². The van der Waals surface area contributed by atoms with E-state index in [1.807, 2.05) is 10.2 Å². The average molecular weight is 98.3 g/mol.